The van der Waals surface area contributed by atoms with E-state index < -0.39 is 23.5 Å². The SMILES string of the molecule is CCOc1ccccc1C(CC(=O)NC1(C(=O)O)CCSCC1)NC(C)=O. The number of carbonyl (C=O) groups is 3. The maximum Gasteiger partial charge on any atom is 0.329 e. The predicted octanol–water partition coefficient (Wildman–Crippen LogP) is 2.12. The number of carboxylic acid groups (broad SMARTS) is 1. The van der Waals surface area contributed by atoms with E-state index in [2.05, 4.69) is 10.6 Å². The quantitative estimate of drug-likeness (QED) is 0.624. The third-order valence-electron chi connectivity index (χ3n) is 4.50. The maximum atomic E-state index is 12.7. The Hall–Kier alpha value is -2.22. The second kappa shape index (κ2) is 9.64. The molecule has 1 saturated heterocycles. The van der Waals surface area contributed by atoms with Gasteiger partial charge in [0.1, 0.15) is 11.3 Å². The molecule has 0 bridgehead atoms. The van der Waals surface area contributed by atoms with Crippen LogP contribution in [0, 0.1) is 0 Å². The molecule has 1 aromatic rings. The van der Waals surface area contributed by atoms with Crippen molar-refractivity contribution in [2.45, 2.75) is 44.7 Å². The first-order valence-corrected chi connectivity index (χ1v) is 10.1. The highest BCUT2D eigenvalue weighted by atomic mass is 32.2. The molecule has 27 heavy (non-hydrogen) atoms. The summed E-state index contributed by atoms with van der Waals surface area (Å²) >= 11 is 1.68. The standard InChI is InChI=1S/C19H26N2O5S/c1-3-26-16-7-5-4-6-14(16)15(20-13(2)22)12-17(23)21-19(18(24)25)8-10-27-11-9-19/h4-7,15H,3,8-12H2,1-2H3,(H,20,22)(H,21,23)(H,24,25). The van der Waals surface area contributed by atoms with Crippen LogP contribution in [0.2, 0.25) is 0 Å². The number of carbonyl (C=O) groups excluding carboxylic acids is 2. The van der Waals surface area contributed by atoms with Crippen molar-refractivity contribution < 1.29 is 24.2 Å². The van der Waals surface area contributed by atoms with Gasteiger partial charge in [0, 0.05) is 12.5 Å². The summed E-state index contributed by atoms with van der Waals surface area (Å²) in [4.78, 5) is 36.1. The van der Waals surface area contributed by atoms with Gasteiger partial charge in [-0.15, -0.1) is 0 Å². The van der Waals surface area contributed by atoms with Crippen molar-refractivity contribution >= 4 is 29.5 Å². The summed E-state index contributed by atoms with van der Waals surface area (Å²) in [5, 5.41) is 15.1. The van der Waals surface area contributed by atoms with Gasteiger partial charge in [0.25, 0.3) is 0 Å². The molecule has 0 radical (unpaired) electrons. The van der Waals surface area contributed by atoms with Crippen molar-refractivity contribution in [2.75, 3.05) is 18.1 Å². The van der Waals surface area contributed by atoms with Crippen LogP contribution in [0.1, 0.15) is 44.7 Å². The molecule has 1 fully saturated rings. The van der Waals surface area contributed by atoms with Crippen LogP contribution in [0.5, 0.6) is 5.75 Å². The van der Waals surface area contributed by atoms with E-state index in [0.29, 0.717) is 42.3 Å². The minimum Gasteiger partial charge on any atom is -0.494 e. The van der Waals surface area contributed by atoms with E-state index in [0.717, 1.165) is 0 Å². The van der Waals surface area contributed by atoms with Gasteiger partial charge in [-0.2, -0.15) is 11.8 Å². The summed E-state index contributed by atoms with van der Waals surface area (Å²) in [6.45, 7) is 3.69. The van der Waals surface area contributed by atoms with Crippen LogP contribution in [-0.4, -0.2) is 46.5 Å². The second-order valence-corrected chi connectivity index (χ2v) is 7.70. The smallest absolute Gasteiger partial charge is 0.329 e. The largest absolute Gasteiger partial charge is 0.494 e. The molecule has 1 aromatic carbocycles. The molecular weight excluding hydrogens is 368 g/mol. The van der Waals surface area contributed by atoms with Gasteiger partial charge >= 0.3 is 5.97 Å². The van der Waals surface area contributed by atoms with E-state index in [1.807, 2.05) is 19.1 Å². The van der Waals surface area contributed by atoms with Crippen LogP contribution in [-0.2, 0) is 14.4 Å². The Balaban J connectivity index is 2.19. The molecule has 148 valence electrons. The Labute approximate surface area is 163 Å². The first kappa shape index (κ1) is 21.1. The minimum absolute atomic E-state index is 0.0637. The highest BCUT2D eigenvalue weighted by Gasteiger charge is 2.41. The summed E-state index contributed by atoms with van der Waals surface area (Å²) < 4.78 is 5.61. The van der Waals surface area contributed by atoms with Gasteiger partial charge in [-0.1, -0.05) is 18.2 Å². The zero-order valence-electron chi connectivity index (χ0n) is 15.6. The molecule has 0 aliphatic carbocycles. The Morgan fingerprint density at radius 1 is 1.26 bits per heavy atom. The second-order valence-electron chi connectivity index (χ2n) is 6.48. The summed E-state index contributed by atoms with van der Waals surface area (Å²) in [7, 11) is 0. The first-order chi connectivity index (χ1) is 12.9. The van der Waals surface area contributed by atoms with Gasteiger partial charge in [-0.3, -0.25) is 9.59 Å². The van der Waals surface area contributed by atoms with Gasteiger partial charge in [0.2, 0.25) is 11.8 Å². The third kappa shape index (κ3) is 5.63. The molecule has 0 aromatic heterocycles. The number of hydrogen-bond donors (Lipinski definition) is 3. The molecule has 1 heterocycles. The lowest BCUT2D eigenvalue weighted by Gasteiger charge is -2.34. The van der Waals surface area contributed by atoms with Crippen molar-refractivity contribution in [2.24, 2.45) is 0 Å². The third-order valence-corrected chi connectivity index (χ3v) is 5.48. The fourth-order valence-electron chi connectivity index (χ4n) is 3.15. The van der Waals surface area contributed by atoms with Crippen molar-refractivity contribution in [3.63, 3.8) is 0 Å². The molecule has 2 amide bonds. The molecule has 1 unspecified atom stereocenters. The Kier molecular flexibility index (Phi) is 7.53. The number of rotatable bonds is 8. The monoisotopic (exact) mass is 394 g/mol. The molecule has 2 rings (SSSR count). The van der Waals surface area contributed by atoms with Crippen LogP contribution in [0.15, 0.2) is 24.3 Å². The molecule has 1 aliphatic heterocycles. The molecule has 8 heteroatoms. The Morgan fingerprint density at radius 2 is 1.93 bits per heavy atom. The number of para-hydroxylation sites is 1. The van der Waals surface area contributed by atoms with Crippen LogP contribution in [0.25, 0.3) is 0 Å². The minimum atomic E-state index is -1.23. The van der Waals surface area contributed by atoms with Crippen molar-refractivity contribution in [1.29, 1.82) is 0 Å². The molecule has 0 saturated carbocycles. The lowest BCUT2D eigenvalue weighted by atomic mass is 9.91. The summed E-state index contributed by atoms with van der Waals surface area (Å²) in [5.41, 5.74) is -0.545. The van der Waals surface area contributed by atoms with Crippen LogP contribution in [0.3, 0.4) is 0 Å². The Morgan fingerprint density at radius 3 is 2.52 bits per heavy atom. The summed E-state index contributed by atoms with van der Waals surface area (Å²) in [5.74, 6) is 0.273. The van der Waals surface area contributed by atoms with E-state index in [4.69, 9.17) is 4.74 Å². The highest BCUT2D eigenvalue weighted by Crippen LogP contribution is 2.30. The number of hydrogen-bond acceptors (Lipinski definition) is 5. The zero-order valence-corrected chi connectivity index (χ0v) is 16.4. The number of benzene rings is 1. The lowest BCUT2D eigenvalue weighted by Crippen LogP contribution is -2.57. The molecule has 7 nitrogen and oxygen atoms in total. The number of ether oxygens (including phenoxy) is 1. The van der Waals surface area contributed by atoms with Gasteiger partial charge < -0.3 is 20.5 Å². The van der Waals surface area contributed by atoms with Gasteiger partial charge in [0.15, 0.2) is 0 Å². The van der Waals surface area contributed by atoms with Crippen LogP contribution >= 0.6 is 11.8 Å². The Bertz CT molecular complexity index is 688. The number of amides is 2. The van der Waals surface area contributed by atoms with Crippen LogP contribution < -0.4 is 15.4 Å². The van der Waals surface area contributed by atoms with Gasteiger partial charge in [-0.05, 0) is 37.3 Å². The average molecular weight is 394 g/mol. The summed E-state index contributed by atoms with van der Waals surface area (Å²) in [6, 6.07) is 6.60. The maximum absolute atomic E-state index is 12.7. The van der Waals surface area contributed by atoms with E-state index in [1.54, 1.807) is 23.9 Å². The first-order valence-electron chi connectivity index (χ1n) is 8.99. The van der Waals surface area contributed by atoms with E-state index in [9.17, 15) is 19.5 Å². The zero-order chi connectivity index (χ0) is 19.9. The number of thioether (sulfide) groups is 1. The molecular formula is C19H26N2O5S. The molecule has 3 N–H and O–H groups in total. The van der Waals surface area contributed by atoms with Crippen molar-refractivity contribution in [3.05, 3.63) is 29.8 Å². The van der Waals surface area contributed by atoms with Gasteiger partial charge in [-0.25, -0.2) is 4.79 Å². The van der Waals surface area contributed by atoms with Crippen molar-refractivity contribution in [3.8, 4) is 5.75 Å². The fourth-order valence-corrected chi connectivity index (χ4v) is 4.34. The molecule has 1 aliphatic rings. The fraction of sp³-hybridized carbons (Fsp3) is 0.526. The normalized spacial score (nSPS) is 16.8. The number of carboxylic acids is 1. The number of aliphatic carboxylic acids is 1. The van der Waals surface area contributed by atoms with E-state index in [-0.39, 0.29) is 12.3 Å². The van der Waals surface area contributed by atoms with E-state index >= 15 is 0 Å². The van der Waals surface area contributed by atoms with Gasteiger partial charge in [0.05, 0.1) is 19.1 Å². The predicted molar refractivity (Wildman–Crippen MR) is 104 cm³/mol. The van der Waals surface area contributed by atoms with Crippen molar-refractivity contribution in [1.82, 2.24) is 10.6 Å². The number of nitrogens with one attached hydrogen (secondary N) is 2. The highest BCUT2D eigenvalue weighted by molar-refractivity contribution is 7.99. The lowest BCUT2D eigenvalue weighted by molar-refractivity contribution is -0.148. The molecule has 0 spiro atoms. The topological polar surface area (TPSA) is 105 Å². The summed E-state index contributed by atoms with van der Waals surface area (Å²) in [6.07, 6.45) is 0.712. The molecule has 1 atom stereocenters. The van der Waals surface area contributed by atoms with Crippen LogP contribution in [0.4, 0.5) is 0 Å². The van der Waals surface area contributed by atoms with E-state index in [1.165, 1.54) is 6.92 Å². The average Bonchev–Trinajstić information content (AvgIpc) is 2.62.